The van der Waals surface area contributed by atoms with Gasteiger partial charge >= 0.3 is 6.09 Å². The number of carbonyl (C=O) groups is 2. The molecule has 0 bridgehead atoms. The van der Waals surface area contributed by atoms with Crippen LogP contribution in [0.5, 0.6) is 0 Å². The number of halogens is 1. The van der Waals surface area contributed by atoms with Crippen LogP contribution < -0.4 is 5.32 Å². The molecule has 1 aromatic heterocycles. The van der Waals surface area contributed by atoms with E-state index in [1.807, 2.05) is 5.32 Å². The van der Waals surface area contributed by atoms with Crippen LogP contribution in [-0.4, -0.2) is 21.4 Å². The van der Waals surface area contributed by atoms with Gasteiger partial charge in [-0.3, -0.25) is 10.1 Å². The Morgan fingerprint density at radius 1 is 1.67 bits per heavy atom. The van der Waals surface area contributed by atoms with E-state index in [1.54, 1.807) is 0 Å². The molecule has 0 aliphatic heterocycles. The zero-order chi connectivity index (χ0) is 9.14. The summed E-state index contributed by atoms with van der Waals surface area (Å²) in [5.74, 6) is 0. The average molecular weight is 207 g/mol. The number of nitrogens with one attached hydrogen (secondary N) is 1. The number of anilines is 1. The van der Waals surface area contributed by atoms with Crippen molar-refractivity contribution in [1.82, 2.24) is 4.98 Å². The number of nitrogens with zero attached hydrogens (tertiary/aromatic N) is 1. The maximum atomic E-state index is 10.5. The first-order chi connectivity index (χ1) is 5.59. The van der Waals surface area contributed by atoms with Gasteiger partial charge in [-0.15, -0.1) is 11.3 Å². The van der Waals surface area contributed by atoms with Crippen molar-refractivity contribution in [3.63, 3.8) is 0 Å². The molecule has 0 spiro atoms. The number of carbonyl (C=O) groups excluding carboxylic acids is 1. The summed E-state index contributed by atoms with van der Waals surface area (Å²) in [6.07, 6.45) is -1.22. The van der Waals surface area contributed by atoms with Gasteiger partial charge < -0.3 is 5.11 Å². The Morgan fingerprint density at radius 2 is 2.33 bits per heavy atom. The van der Waals surface area contributed by atoms with Crippen LogP contribution in [0, 0.1) is 0 Å². The van der Waals surface area contributed by atoms with Gasteiger partial charge in [0.1, 0.15) is 5.69 Å². The lowest BCUT2D eigenvalue weighted by molar-refractivity contribution is 0.107. The standard InChI is InChI=1S/C5H3ClN2O3S/c6-3(9)2-1-12-4(7-2)8-5(10)11/h1H,(H,7,8)(H,10,11). The zero-order valence-electron chi connectivity index (χ0n) is 5.57. The highest BCUT2D eigenvalue weighted by Crippen LogP contribution is 2.16. The van der Waals surface area contributed by atoms with Gasteiger partial charge in [0, 0.05) is 5.38 Å². The Labute approximate surface area is 76.0 Å². The highest BCUT2D eigenvalue weighted by Gasteiger charge is 2.08. The summed E-state index contributed by atoms with van der Waals surface area (Å²) in [7, 11) is 0. The molecule has 0 aliphatic rings. The molecule has 0 unspecified atom stereocenters. The minimum atomic E-state index is -1.22. The first-order valence-corrected chi connectivity index (χ1v) is 4.00. The highest BCUT2D eigenvalue weighted by atomic mass is 35.5. The molecule has 0 aliphatic carbocycles. The third-order valence-electron chi connectivity index (χ3n) is 0.919. The smallest absolute Gasteiger partial charge is 0.410 e. The molecule has 5 nitrogen and oxygen atoms in total. The Hall–Kier alpha value is -1.14. The first kappa shape index (κ1) is 8.95. The van der Waals surface area contributed by atoms with E-state index in [4.69, 9.17) is 16.7 Å². The molecule has 0 fully saturated rings. The summed E-state index contributed by atoms with van der Waals surface area (Å²) < 4.78 is 0. The van der Waals surface area contributed by atoms with Crippen molar-refractivity contribution >= 4 is 39.4 Å². The number of carboxylic acid groups (broad SMARTS) is 1. The topological polar surface area (TPSA) is 79.3 Å². The van der Waals surface area contributed by atoms with Gasteiger partial charge in [-0.05, 0) is 11.6 Å². The molecule has 2 N–H and O–H groups in total. The number of hydrogen-bond acceptors (Lipinski definition) is 4. The lowest BCUT2D eigenvalue weighted by atomic mass is 10.6. The molecule has 64 valence electrons. The van der Waals surface area contributed by atoms with Crippen molar-refractivity contribution in [3.8, 4) is 0 Å². The Bertz CT molecular complexity index is 324. The Kier molecular flexibility index (Phi) is 2.61. The average Bonchev–Trinajstić information content (AvgIpc) is 2.34. The van der Waals surface area contributed by atoms with E-state index in [0.717, 1.165) is 11.3 Å². The Balaban J connectivity index is 2.77. The first-order valence-electron chi connectivity index (χ1n) is 2.75. The van der Waals surface area contributed by atoms with Gasteiger partial charge in [-0.2, -0.15) is 0 Å². The number of thiazole rings is 1. The summed E-state index contributed by atoms with van der Waals surface area (Å²) in [6.45, 7) is 0. The van der Waals surface area contributed by atoms with E-state index in [0.29, 0.717) is 0 Å². The second-order valence-corrected chi connectivity index (χ2v) is 2.94. The van der Waals surface area contributed by atoms with Crippen LogP contribution in [-0.2, 0) is 0 Å². The molecule has 0 saturated heterocycles. The number of amides is 1. The monoisotopic (exact) mass is 206 g/mol. The molecular formula is C5H3ClN2O3S. The van der Waals surface area contributed by atoms with Crippen LogP contribution >= 0.6 is 22.9 Å². The van der Waals surface area contributed by atoms with Crippen LogP contribution in [0.4, 0.5) is 9.93 Å². The van der Waals surface area contributed by atoms with Crippen LogP contribution in [0.15, 0.2) is 5.38 Å². The fraction of sp³-hybridized carbons (Fsp3) is 0. The van der Waals surface area contributed by atoms with Crippen LogP contribution in [0.2, 0.25) is 0 Å². The van der Waals surface area contributed by atoms with Crippen molar-refractivity contribution in [3.05, 3.63) is 11.1 Å². The highest BCUT2D eigenvalue weighted by molar-refractivity contribution is 7.14. The third kappa shape index (κ3) is 2.18. The minimum Gasteiger partial charge on any atom is -0.465 e. The summed E-state index contributed by atoms with van der Waals surface area (Å²) in [5, 5.41) is 11.0. The second kappa shape index (κ2) is 3.51. The van der Waals surface area contributed by atoms with Crippen LogP contribution in [0.1, 0.15) is 10.5 Å². The van der Waals surface area contributed by atoms with E-state index in [1.165, 1.54) is 5.38 Å². The predicted molar refractivity (Wildman–Crippen MR) is 43.9 cm³/mol. The molecule has 12 heavy (non-hydrogen) atoms. The maximum Gasteiger partial charge on any atom is 0.410 e. The fourth-order valence-electron chi connectivity index (χ4n) is 0.513. The van der Waals surface area contributed by atoms with Crippen molar-refractivity contribution in [2.24, 2.45) is 0 Å². The van der Waals surface area contributed by atoms with Gasteiger partial charge in [-0.25, -0.2) is 9.78 Å². The van der Waals surface area contributed by atoms with E-state index >= 15 is 0 Å². The fourth-order valence-corrected chi connectivity index (χ4v) is 1.35. The van der Waals surface area contributed by atoms with Gasteiger partial charge in [0.25, 0.3) is 5.24 Å². The van der Waals surface area contributed by atoms with Gasteiger partial charge in [0.2, 0.25) is 0 Å². The zero-order valence-corrected chi connectivity index (χ0v) is 7.15. The number of hydrogen-bond donors (Lipinski definition) is 2. The predicted octanol–water partition coefficient (Wildman–Crippen LogP) is 1.61. The molecule has 7 heteroatoms. The number of aromatic nitrogens is 1. The van der Waals surface area contributed by atoms with E-state index in [-0.39, 0.29) is 10.8 Å². The van der Waals surface area contributed by atoms with Crippen LogP contribution in [0.25, 0.3) is 0 Å². The van der Waals surface area contributed by atoms with E-state index < -0.39 is 11.3 Å². The quantitative estimate of drug-likeness (QED) is 0.721. The SMILES string of the molecule is O=C(O)Nc1nc(C(=O)Cl)cs1. The van der Waals surface area contributed by atoms with Crippen molar-refractivity contribution in [2.75, 3.05) is 5.32 Å². The van der Waals surface area contributed by atoms with Gasteiger partial charge in [0.15, 0.2) is 5.13 Å². The molecule has 1 aromatic rings. The maximum absolute atomic E-state index is 10.5. The molecule has 0 radical (unpaired) electrons. The molecule has 1 heterocycles. The third-order valence-corrected chi connectivity index (χ3v) is 1.87. The minimum absolute atomic E-state index is 0.0467. The lowest BCUT2D eigenvalue weighted by Crippen LogP contribution is -2.06. The molecule has 1 amide bonds. The van der Waals surface area contributed by atoms with E-state index in [9.17, 15) is 9.59 Å². The lowest BCUT2D eigenvalue weighted by Gasteiger charge is -1.90. The van der Waals surface area contributed by atoms with Gasteiger partial charge in [0.05, 0.1) is 0 Å². The van der Waals surface area contributed by atoms with Crippen molar-refractivity contribution in [2.45, 2.75) is 0 Å². The summed E-state index contributed by atoms with van der Waals surface area (Å²) in [6, 6.07) is 0. The summed E-state index contributed by atoms with van der Waals surface area (Å²) in [4.78, 5) is 24.2. The molecular weight excluding hydrogens is 204 g/mol. The number of rotatable bonds is 2. The molecule has 0 saturated carbocycles. The van der Waals surface area contributed by atoms with E-state index in [2.05, 4.69) is 4.98 Å². The summed E-state index contributed by atoms with van der Waals surface area (Å²) >= 11 is 6.08. The molecule has 0 atom stereocenters. The van der Waals surface area contributed by atoms with Gasteiger partial charge in [-0.1, -0.05) is 0 Å². The second-order valence-electron chi connectivity index (χ2n) is 1.74. The van der Waals surface area contributed by atoms with Crippen molar-refractivity contribution in [1.29, 1.82) is 0 Å². The molecule has 0 aromatic carbocycles. The Morgan fingerprint density at radius 3 is 2.75 bits per heavy atom. The molecule has 1 rings (SSSR count). The summed E-state index contributed by atoms with van der Waals surface area (Å²) in [5.41, 5.74) is 0.0467. The largest absolute Gasteiger partial charge is 0.465 e. The van der Waals surface area contributed by atoms with Crippen LogP contribution in [0.3, 0.4) is 0 Å². The van der Waals surface area contributed by atoms with Crippen molar-refractivity contribution < 1.29 is 14.7 Å². The normalized spacial score (nSPS) is 9.42.